The quantitative estimate of drug-likeness (QED) is 0.672. The Balaban J connectivity index is 0.000000671. The van der Waals surface area contributed by atoms with Crippen LogP contribution in [-0.2, 0) is 4.74 Å². The number of hydrogen-bond acceptors (Lipinski definition) is 4. The third kappa shape index (κ3) is 3.55. The Morgan fingerprint density at radius 2 is 2.08 bits per heavy atom. The second-order valence-electron chi connectivity index (χ2n) is 1.92. The van der Waals surface area contributed by atoms with E-state index in [-0.39, 0.29) is 11.3 Å². The van der Waals surface area contributed by atoms with Gasteiger partial charge < -0.3 is 9.84 Å². The summed E-state index contributed by atoms with van der Waals surface area (Å²) in [5.41, 5.74) is 0.243. The Labute approximate surface area is 77.2 Å². The van der Waals surface area contributed by atoms with E-state index in [2.05, 4.69) is 9.72 Å². The molecule has 0 atom stereocenters. The van der Waals surface area contributed by atoms with Gasteiger partial charge >= 0.3 is 5.97 Å². The second-order valence-corrected chi connectivity index (χ2v) is 1.92. The van der Waals surface area contributed by atoms with Crippen LogP contribution in [0.2, 0.25) is 0 Å². The number of pyridine rings is 1. The first kappa shape index (κ1) is 11.4. The van der Waals surface area contributed by atoms with Crippen LogP contribution < -0.4 is 0 Å². The lowest BCUT2D eigenvalue weighted by Crippen LogP contribution is -2.00. The van der Waals surface area contributed by atoms with Crippen LogP contribution in [-0.4, -0.2) is 23.2 Å². The summed E-state index contributed by atoms with van der Waals surface area (Å²) in [6.07, 6.45) is 2.57. The Morgan fingerprint density at radius 1 is 1.46 bits per heavy atom. The molecule has 13 heavy (non-hydrogen) atoms. The average molecular weight is 183 g/mol. The van der Waals surface area contributed by atoms with E-state index in [4.69, 9.17) is 5.11 Å². The zero-order chi connectivity index (χ0) is 10.3. The van der Waals surface area contributed by atoms with Crippen molar-refractivity contribution in [2.45, 2.75) is 13.8 Å². The smallest absolute Gasteiger partial charge is 0.339 e. The fraction of sp³-hybridized carbons (Fsp3) is 0.333. The predicted octanol–water partition coefficient (Wildman–Crippen LogP) is 1.60. The molecule has 0 aromatic carbocycles. The number of carbonyl (C=O) groups excluding carboxylic acids is 1. The number of esters is 1. The van der Waals surface area contributed by atoms with Gasteiger partial charge in [0.15, 0.2) is 0 Å². The van der Waals surface area contributed by atoms with E-state index < -0.39 is 5.97 Å². The van der Waals surface area contributed by atoms with Crippen molar-refractivity contribution in [3.63, 3.8) is 0 Å². The fourth-order valence-corrected chi connectivity index (χ4v) is 0.657. The van der Waals surface area contributed by atoms with Crippen LogP contribution in [0.5, 0.6) is 5.75 Å². The summed E-state index contributed by atoms with van der Waals surface area (Å²) in [5, 5.41) is 8.89. The van der Waals surface area contributed by atoms with Gasteiger partial charge in [0.2, 0.25) is 0 Å². The molecule has 0 saturated heterocycles. The summed E-state index contributed by atoms with van der Waals surface area (Å²) in [6, 6.07) is 1.29. The van der Waals surface area contributed by atoms with Gasteiger partial charge in [0, 0.05) is 6.20 Å². The Morgan fingerprint density at radius 3 is 2.54 bits per heavy atom. The summed E-state index contributed by atoms with van der Waals surface area (Å²) in [4.78, 5) is 14.4. The summed E-state index contributed by atoms with van der Waals surface area (Å²) < 4.78 is 4.40. The molecular weight excluding hydrogens is 170 g/mol. The van der Waals surface area contributed by atoms with Crippen molar-refractivity contribution in [3.8, 4) is 5.75 Å². The number of aromatic nitrogens is 1. The number of carbonyl (C=O) groups is 1. The van der Waals surface area contributed by atoms with Gasteiger partial charge in [-0.1, -0.05) is 13.8 Å². The monoisotopic (exact) mass is 183 g/mol. The highest BCUT2D eigenvalue weighted by Crippen LogP contribution is 2.08. The van der Waals surface area contributed by atoms with E-state index in [9.17, 15) is 4.79 Å². The molecule has 1 aromatic rings. The zero-order valence-electron chi connectivity index (χ0n) is 7.94. The van der Waals surface area contributed by atoms with Gasteiger partial charge in [-0.3, -0.25) is 4.98 Å². The molecule has 1 N–H and O–H groups in total. The van der Waals surface area contributed by atoms with Crippen molar-refractivity contribution in [2.24, 2.45) is 0 Å². The Bertz CT molecular complexity index is 273. The highest BCUT2D eigenvalue weighted by molar-refractivity contribution is 5.89. The number of rotatable bonds is 1. The second kappa shape index (κ2) is 5.99. The normalized spacial score (nSPS) is 8.23. The van der Waals surface area contributed by atoms with Gasteiger partial charge in [0.05, 0.1) is 18.9 Å². The molecule has 1 aromatic heterocycles. The van der Waals surface area contributed by atoms with E-state index in [0.29, 0.717) is 0 Å². The first-order valence-corrected chi connectivity index (χ1v) is 3.96. The summed E-state index contributed by atoms with van der Waals surface area (Å²) in [6.45, 7) is 4.00. The lowest BCUT2D eigenvalue weighted by atomic mass is 10.3. The molecule has 0 fully saturated rings. The topological polar surface area (TPSA) is 59.4 Å². The molecule has 4 nitrogen and oxygen atoms in total. The van der Waals surface area contributed by atoms with Gasteiger partial charge in [0.25, 0.3) is 0 Å². The summed E-state index contributed by atoms with van der Waals surface area (Å²) in [7, 11) is 1.27. The number of nitrogens with zero attached hydrogens (tertiary/aromatic N) is 1. The molecule has 0 amide bonds. The Kier molecular flexibility index (Phi) is 5.27. The van der Waals surface area contributed by atoms with Crippen molar-refractivity contribution in [3.05, 3.63) is 24.0 Å². The molecule has 4 heteroatoms. The van der Waals surface area contributed by atoms with Gasteiger partial charge in [-0.05, 0) is 6.07 Å². The van der Waals surface area contributed by atoms with Gasteiger partial charge in [-0.2, -0.15) is 0 Å². The molecule has 0 aliphatic rings. The molecule has 0 spiro atoms. The number of hydrogen-bond donors (Lipinski definition) is 1. The van der Waals surface area contributed by atoms with Crippen molar-refractivity contribution < 1.29 is 14.6 Å². The van der Waals surface area contributed by atoms with Gasteiger partial charge in [-0.25, -0.2) is 4.79 Å². The van der Waals surface area contributed by atoms with E-state index in [1.54, 1.807) is 0 Å². The molecular formula is C9H13NO3. The van der Waals surface area contributed by atoms with E-state index in [0.717, 1.165) is 0 Å². The Hall–Kier alpha value is -1.58. The van der Waals surface area contributed by atoms with Crippen LogP contribution in [0.1, 0.15) is 24.2 Å². The SMILES string of the molecule is CC.COC(=O)c1cncc(O)c1. The fourth-order valence-electron chi connectivity index (χ4n) is 0.657. The maximum atomic E-state index is 10.8. The minimum atomic E-state index is -0.506. The molecule has 0 unspecified atom stereocenters. The summed E-state index contributed by atoms with van der Waals surface area (Å²) in [5.74, 6) is -0.554. The summed E-state index contributed by atoms with van der Waals surface area (Å²) >= 11 is 0. The van der Waals surface area contributed by atoms with Gasteiger partial charge in [-0.15, -0.1) is 0 Å². The highest BCUT2D eigenvalue weighted by atomic mass is 16.5. The maximum absolute atomic E-state index is 10.8. The number of ether oxygens (including phenoxy) is 1. The van der Waals surface area contributed by atoms with Crippen LogP contribution in [0.25, 0.3) is 0 Å². The third-order valence-corrected chi connectivity index (χ3v) is 1.14. The largest absolute Gasteiger partial charge is 0.506 e. The standard InChI is InChI=1S/C7H7NO3.C2H6/c1-11-7(10)5-2-6(9)4-8-3-5;1-2/h2-4,9H,1H3;1-2H3. The highest BCUT2D eigenvalue weighted by Gasteiger charge is 2.04. The number of methoxy groups -OCH3 is 1. The van der Waals surface area contributed by atoms with Crippen molar-refractivity contribution in [2.75, 3.05) is 7.11 Å². The molecule has 1 heterocycles. The minimum Gasteiger partial charge on any atom is -0.506 e. The van der Waals surface area contributed by atoms with Gasteiger partial charge in [0.1, 0.15) is 5.75 Å². The lowest BCUT2D eigenvalue weighted by Gasteiger charge is -1.97. The van der Waals surface area contributed by atoms with Crippen molar-refractivity contribution in [1.29, 1.82) is 0 Å². The van der Waals surface area contributed by atoms with Crippen molar-refractivity contribution >= 4 is 5.97 Å². The minimum absolute atomic E-state index is 0.0482. The van der Waals surface area contributed by atoms with Crippen molar-refractivity contribution in [1.82, 2.24) is 4.98 Å². The molecule has 1 rings (SSSR count). The average Bonchev–Trinajstić information content (AvgIpc) is 2.20. The molecule has 0 aliphatic heterocycles. The lowest BCUT2D eigenvalue weighted by molar-refractivity contribution is 0.0600. The first-order chi connectivity index (χ1) is 6.24. The molecule has 0 bridgehead atoms. The van der Waals surface area contributed by atoms with Crippen LogP contribution in [0.4, 0.5) is 0 Å². The molecule has 0 saturated carbocycles. The number of aromatic hydroxyl groups is 1. The molecule has 0 aliphatic carbocycles. The zero-order valence-corrected chi connectivity index (χ0v) is 7.94. The molecule has 0 radical (unpaired) electrons. The van der Waals surface area contributed by atoms with E-state index in [1.165, 1.54) is 25.6 Å². The molecule has 72 valence electrons. The third-order valence-electron chi connectivity index (χ3n) is 1.14. The van der Waals surface area contributed by atoms with Crippen LogP contribution in [0.3, 0.4) is 0 Å². The van der Waals surface area contributed by atoms with Crippen LogP contribution in [0, 0.1) is 0 Å². The van der Waals surface area contributed by atoms with Crippen LogP contribution in [0.15, 0.2) is 18.5 Å². The maximum Gasteiger partial charge on any atom is 0.339 e. The first-order valence-electron chi connectivity index (χ1n) is 3.96. The van der Waals surface area contributed by atoms with E-state index >= 15 is 0 Å². The van der Waals surface area contributed by atoms with E-state index in [1.807, 2.05) is 13.8 Å². The van der Waals surface area contributed by atoms with Crippen LogP contribution >= 0.6 is 0 Å². The predicted molar refractivity (Wildman–Crippen MR) is 48.6 cm³/mol.